The van der Waals surface area contributed by atoms with Crippen molar-refractivity contribution in [2.45, 2.75) is 26.2 Å². The van der Waals surface area contributed by atoms with E-state index in [2.05, 4.69) is 15.5 Å². The molecule has 1 rings (SSSR count). The van der Waals surface area contributed by atoms with Crippen LogP contribution in [-0.2, 0) is 5.41 Å². The summed E-state index contributed by atoms with van der Waals surface area (Å²) in [7, 11) is 3.19. The molecule has 1 aromatic rings. The molecule has 0 atom stereocenters. The van der Waals surface area contributed by atoms with Crippen molar-refractivity contribution in [2.24, 2.45) is 0 Å². The molecule has 0 aliphatic rings. The molecule has 2 amide bonds. The number of carbonyl (C=O) groups is 1. The van der Waals surface area contributed by atoms with Crippen LogP contribution < -0.4 is 10.2 Å². The maximum Gasteiger partial charge on any atom is 0.322 e. The lowest BCUT2D eigenvalue weighted by Crippen LogP contribution is -2.35. The SMILES string of the molecule is CNC(=O)N(C)c1cc(C(C)(C)C)c(Cl)nn1. The molecule has 0 aromatic carbocycles. The third-order valence-electron chi connectivity index (χ3n) is 2.41. The Hall–Kier alpha value is -1.36. The molecule has 94 valence electrons. The van der Waals surface area contributed by atoms with E-state index in [1.54, 1.807) is 20.2 Å². The van der Waals surface area contributed by atoms with Crippen LogP contribution >= 0.6 is 11.6 Å². The molecule has 0 aliphatic heterocycles. The van der Waals surface area contributed by atoms with Gasteiger partial charge in [0, 0.05) is 19.7 Å². The van der Waals surface area contributed by atoms with E-state index >= 15 is 0 Å². The van der Waals surface area contributed by atoms with Gasteiger partial charge in [-0.25, -0.2) is 4.79 Å². The number of hydrogen-bond acceptors (Lipinski definition) is 3. The fourth-order valence-electron chi connectivity index (χ4n) is 1.33. The lowest BCUT2D eigenvalue weighted by atomic mass is 9.88. The number of nitrogens with one attached hydrogen (secondary N) is 1. The van der Waals surface area contributed by atoms with Gasteiger partial charge in [-0.3, -0.25) is 4.90 Å². The molecule has 17 heavy (non-hydrogen) atoms. The van der Waals surface area contributed by atoms with Gasteiger partial charge in [-0.2, -0.15) is 0 Å². The van der Waals surface area contributed by atoms with Crippen LogP contribution in [0.15, 0.2) is 6.07 Å². The van der Waals surface area contributed by atoms with Gasteiger partial charge in [-0.05, 0) is 11.5 Å². The number of carbonyl (C=O) groups excluding carboxylic acids is 1. The topological polar surface area (TPSA) is 58.1 Å². The van der Waals surface area contributed by atoms with E-state index in [9.17, 15) is 4.79 Å². The second-order valence-corrected chi connectivity index (χ2v) is 5.13. The summed E-state index contributed by atoms with van der Waals surface area (Å²) in [4.78, 5) is 12.9. The summed E-state index contributed by atoms with van der Waals surface area (Å²) < 4.78 is 0. The molecule has 0 saturated carbocycles. The average Bonchev–Trinajstić information content (AvgIpc) is 2.26. The molecule has 1 heterocycles. The standard InChI is InChI=1S/C11H17ClN4O/c1-11(2,3)7-6-8(14-15-9(7)12)16(5)10(17)13-4/h6H,1-5H3,(H,13,17). The zero-order chi connectivity index (χ0) is 13.2. The first-order valence-electron chi connectivity index (χ1n) is 5.26. The number of hydrogen-bond donors (Lipinski definition) is 1. The maximum atomic E-state index is 11.5. The third kappa shape index (κ3) is 3.06. The zero-order valence-corrected chi connectivity index (χ0v) is 11.5. The summed E-state index contributed by atoms with van der Waals surface area (Å²) >= 11 is 6.01. The molecular formula is C11H17ClN4O. The minimum Gasteiger partial charge on any atom is -0.341 e. The molecule has 0 aliphatic carbocycles. The van der Waals surface area contributed by atoms with Gasteiger partial charge in [0.15, 0.2) is 11.0 Å². The number of halogens is 1. The van der Waals surface area contributed by atoms with Crippen molar-refractivity contribution in [2.75, 3.05) is 19.0 Å². The van der Waals surface area contributed by atoms with E-state index < -0.39 is 0 Å². The summed E-state index contributed by atoms with van der Waals surface area (Å²) in [6, 6.07) is 1.53. The number of amides is 2. The smallest absolute Gasteiger partial charge is 0.322 e. The van der Waals surface area contributed by atoms with E-state index in [1.165, 1.54) is 4.90 Å². The van der Waals surface area contributed by atoms with Crippen LogP contribution in [0.5, 0.6) is 0 Å². The van der Waals surface area contributed by atoms with Crippen LogP contribution in [0, 0.1) is 0 Å². The van der Waals surface area contributed by atoms with Crippen LogP contribution in [0.4, 0.5) is 10.6 Å². The number of aromatic nitrogens is 2. The first-order valence-corrected chi connectivity index (χ1v) is 5.64. The monoisotopic (exact) mass is 256 g/mol. The lowest BCUT2D eigenvalue weighted by molar-refractivity contribution is 0.249. The highest BCUT2D eigenvalue weighted by atomic mass is 35.5. The van der Waals surface area contributed by atoms with Crippen LogP contribution in [0.2, 0.25) is 5.15 Å². The minimum atomic E-state index is -0.249. The van der Waals surface area contributed by atoms with Gasteiger partial charge in [0.1, 0.15) is 0 Å². The first-order chi connectivity index (χ1) is 7.77. The number of nitrogens with zero attached hydrogens (tertiary/aromatic N) is 3. The van der Waals surface area contributed by atoms with E-state index in [-0.39, 0.29) is 11.4 Å². The quantitative estimate of drug-likeness (QED) is 0.838. The van der Waals surface area contributed by atoms with E-state index in [0.29, 0.717) is 11.0 Å². The Kier molecular flexibility index (Phi) is 3.93. The molecular weight excluding hydrogens is 240 g/mol. The molecule has 0 spiro atoms. The first kappa shape index (κ1) is 13.7. The summed E-state index contributed by atoms with van der Waals surface area (Å²) in [6.07, 6.45) is 0. The van der Waals surface area contributed by atoms with Crippen molar-refractivity contribution in [1.82, 2.24) is 15.5 Å². The highest BCUT2D eigenvalue weighted by molar-refractivity contribution is 6.30. The Bertz CT molecular complexity index is 428. The zero-order valence-electron chi connectivity index (χ0n) is 10.7. The van der Waals surface area contributed by atoms with Crippen molar-refractivity contribution in [1.29, 1.82) is 0 Å². The molecule has 0 bridgehead atoms. The molecule has 0 fully saturated rings. The largest absolute Gasteiger partial charge is 0.341 e. The van der Waals surface area contributed by atoms with E-state index in [1.807, 2.05) is 20.8 Å². The molecule has 6 heteroatoms. The molecule has 0 saturated heterocycles. The van der Waals surface area contributed by atoms with Gasteiger partial charge in [0.05, 0.1) is 0 Å². The van der Waals surface area contributed by atoms with Crippen LogP contribution in [0.1, 0.15) is 26.3 Å². The number of rotatable bonds is 1. The Morgan fingerprint density at radius 1 is 1.41 bits per heavy atom. The fraction of sp³-hybridized carbons (Fsp3) is 0.545. The van der Waals surface area contributed by atoms with Crippen molar-refractivity contribution in [3.8, 4) is 0 Å². The Labute approximate surface area is 106 Å². The molecule has 1 N–H and O–H groups in total. The van der Waals surface area contributed by atoms with E-state index in [4.69, 9.17) is 11.6 Å². The average molecular weight is 257 g/mol. The van der Waals surface area contributed by atoms with Crippen molar-refractivity contribution < 1.29 is 4.79 Å². The summed E-state index contributed by atoms with van der Waals surface area (Å²) in [6.45, 7) is 6.08. The Balaban J connectivity index is 3.17. The van der Waals surface area contributed by atoms with Crippen molar-refractivity contribution in [3.05, 3.63) is 16.8 Å². The lowest BCUT2D eigenvalue weighted by Gasteiger charge is -2.22. The third-order valence-corrected chi connectivity index (χ3v) is 2.69. The fourth-order valence-corrected chi connectivity index (χ4v) is 1.70. The molecule has 1 aromatic heterocycles. The predicted molar refractivity (Wildman–Crippen MR) is 68.6 cm³/mol. The molecule has 5 nitrogen and oxygen atoms in total. The summed E-state index contributed by atoms with van der Waals surface area (Å²) in [5.74, 6) is 0.471. The van der Waals surface area contributed by atoms with E-state index in [0.717, 1.165) is 5.56 Å². The number of anilines is 1. The molecule has 0 unspecified atom stereocenters. The minimum absolute atomic E-state index is 0.148. The van der Waals surface area contributed by atoms with Gasteiger partial charge in [-0.1, -0.05) is 32.4 Å². The highest BCUT2D eigenvalue weighted by Gasteiger charge is 2.21. The van der Waals surface area contributed by atoms with Crippen LogP contribution in [0.3, 0.4) is 0 Å². The van der Waals surface area contributed by atoms with Crippen LogP contribution in [-0.4, -0.2) is 30.3 Å². The molecule has 0 radical (unpaired) electrons. The van der Waals surface area contributed by atoms with Crippen molar-refractivity contribution >= 4 is 23.4 Å². The second-order valence-electron chi connectivity index (χ2n) is 4.77. The Morgan fingerprint density at radius 2 is 2.00 bits per heavy atom. The van der Waals surface area contributed by atoms with Gasteiger partial charge in [0.25, 0.3) is 0 Å². The van der Waals surface area contributed by atoms with Gasteiger partial charge in [0.2, 0.25) is 0 Å². The Morgan fingerprint density at radius 3 is 2.47 bits per heavy atom. The van der Waals surface area contributed by atoms with Gasteiger partial charge < -0.3 is 5.32 Å². The van der Waals surface area contributed by atoms with Gasteiger partial charge in [-0.15, -0.1) is 10.2 Å². The number of urea groups is 1. The van der Waals surface area contributed by atoms with Gasteiger partial charge >= 0.3 is 6.03 Å². The summed E-state index contributed by atoms with van der Waals surface area (Å²) in [5.41, 5.74) is 0.714. The summed E-state index contributed by atoms with van der Waals surface area (Å²) in [5, 5.41) is 10.7. The van der Waals surface area contributed by atoms with Crippen molar-refractivity contribution in [3.63, 3.8) is 0 Å². The second kappa shape index (κ2) is 4.87. The highest BCUT2D eigenvalue weighted by Crippen LogP contribution is 2.29. The normalized spacial score (nSPS) is 11.2. The maximum absolute atomic E-state index is 11.5. The predicted octanol–water partition coefficient (Wildman–Crippen LogP) is 2.20. The van der Waals surface area contributed by atoms with Crippen LogP contribution in [0.25, 0.3) is 0 Å².